The van der Waals surface area contributed by atoms with E-state index in [1.807, 2.05) is 49.1 Å². The molecule has 0 aliphatic carbocycles. The highest BCUT2D eigenvalue weighted by atomic mass is 16.5. The lowest BCUT2D eigenvalue weighted by atomic mass is 10.1. The Balaban J connectivity index is 1.30. The maximum Gasteiger partial charge on any atom is 0.260 e. The van der Waals surface area contributed by atoms with Gasteiger partial charge in [0.2, 0.25) is 0 Å². The van der Waals surface area contributed by atoms with Crippen LogP contribution in [0.3, 0.4) is 0 Å². The molecule has 1 aliphatic rings. The van der Waals surface area contributed by atoms with Crippen molar-refractivity contribution in [3.8, 4) is 17.0 Å². The lowest BCUT2D eigenvalue weighted by Crippen LogP contribution is -2.50. The van der Waals surface area contributed by atoms with Crippen molar-refractivity contribution in [2.24, 2.45) is 0 Å². The first-order chi connectivity index (χ1) is 15.5. The van der Waals surface area contributed by atoms with Gasteiger partial charge in [-0.2, -0.15) is 0 Å². The number of carbonyl (C=O) groups is 1. The van der Waals surface area contributed by atoms with Gasteiger partial charge in [0, 0.05) is 31.7 Å². The Morgan fingerprint density at radius 3 is 2.34 bits per heavy atom. The van der Waals surface area contributed by atoms with Gasteiger partial charge in [-0.3, -0.25) is 4.79 Å². The molecular formula is C26H30N4O2. The molecule has 0 unspecified atom stereocenters. The molecule has 1 fully saturated rings. The second-order valence-electron chi connectivity index (χ2n) is 8.25. The van der Waals surface area contributed by atoms with Crippen molar-refractivity contribution in [2.75, 3.05) is 37.7 Å². The fourth-order valence-electron chi connectivity index (χ4n) is 3.84. The van der Waals surface area contributed by atoms with Crippen LogP contribution in [0.5, 0.6) is 5.75 Å². The van der Waals surface area contributed by atoms with Gasteiger partial charge in [0.25, 0.3) is 5.91 Å². The van der Waals surface area contributed by atoms with Crippen molar-refractivity contribution in [3.63, 3.8) is 0 Å². The van der Waals surface area contributed by atoms with Gasteiger partial charge in [-0.15, -0.1) is 10.2 Å². The van der Waals surface area contributed by atoms with Crippen LogP contribution in [-0.4, -0.2) is 53.8 Å². The van der Waals surface area contributed by atoms with E-state index < -0.39 is 0 Å². The smallest absolute Gasteiger partial charge is 0.260 e. The number of piperazine rings is 1. The van der Waals surface area contributed by atoms with E-state index in [2.05, 4.69) is 46.3 Å². The molecule has 2 aromatic carbocycles. The number of anilines is 1. The Kier molecular flexibility index (Phi) is 6.69. The van der Waals surface area contributed by atoms with Crippen LogP contribution in [-0.2, 0) is 11.2 Å². The Bertz CT molecular complexity index is 1060. The largest absolute Gasteiger partial charge is 0.483 e. The van der Waals surface area contributed by atoms with Crippen molar-refractivity contribution in [1.29, 1.82) is 0 Å². The summed E-state index contributed by atoms with van der Waals surface area (Å²) in [6.07, 6.45) is 1.02. The number of aromatic nitrogens is 2. The van der Waals surface area contributed by atoms with E-state index in [0.717, 1.165) is 53.5 Å². The molecule has 1 aliphatic heterocycles. The van der Waals surface area contributed by atoms with Gasteiger partial charge in [0.05, 0.1) is 5.69 Å². The number of rotatable bonds is 6. The summed E-state index contributed by atoms with van der Waals surface area (Å²) in [4.78, 5) is 16.6. The third-order valence-corrected chi connectivity index (χ3v) is 5.96. The molecule has 0 radical (unpaired) electrons. The Labute approximate surface area is 189 Å². The van der Waals surface area contributed by atoms with Crippen LogP contribution in [0.4, 0.5) is 5.82 Å². The van der Waals surface area contributed by atoms with E-state index in [4.69, 9.17) is 4.74 Å². The zero-order chi connectivity index (χ0) is 22.5. The number of benzene rings is 2. The van der Waals surface area contributed by atoms with Gasteiger partial charge in [-0.05, 0) is 55.2 Å². The highest BCUT2D eigenvalue weighted by molar-refractivity contribution is 5.78. The molecule has 1 amide bonds. The fourth-order valence-corrected chi connectivity index (χ4v) is 3.84. The van der Waals surface area contributed by atoms with Crippen LogP contribution < -0.4 is 9.64 Å². The van der Waals surface area contributed by atoms with Gasteiger partial charge in [0.15, 0.2) is 12.4 Å². The molecule has 2 heterocycles. The molecule has 0 spiro atoms. The Morgan fingerprint density at radius 1 is 0.938 bits per heavy atom. The van der Waals surface area contributed by atoms with E-state index in [0.29, 0.717) is 13.1 Å². The van der Waals surface area contributed by atoms with E-state index >= 15 is 0 Å². The molecule has 3 aromatic rings. The molecule has 166 valence electrons. The third kappa shape index (κ3) is 5.07. The number of nitrogens with zero attached hydrogens (tertiary/aromatic N) is 4. The van der Waals surface area contributed by atoms with Crippen LogP contribution in [0.1, 0.15) is 23.6 Å². The summed E-state index contributed by atoms with van der Waals surface area (Å²) in [5.74, 6) is 1.64. The number of carbonyl (C=O) groups excluding carboxylic acids is 1. The quantitative estimate of drug-likeness (QED) is 0.591. The van der Waals surface area contributed by atoms with Crippen molar-refractivity contribution in [3.05, 3.63) is 71.3 Å². The first-order valence-corrected chi connectivity index (χ1v) is 11.2. The van der Waals surface area contributed by atoms with E-state index in [1.165, 1.54) is 5.56 Å². The predicted octanol–water partition coefficient (Wildman–Crippen LogP) is 4.05. The van der Waals surface area contributed by atoms with Gasteiger partial charge >= 0.3 is 0 Å². The molecule has 1 aromatic heterocycles. The number of hydrogen-bond acceptors (Lipinski definition) is 5. The third-order valence-electron chi connectivity index (χ3n) is 5.96. The molecule has 0 atom stereocenters. The summed E-state index contributed by atoms with van der Waals surface area (Å²) < 4.78 is 5.79. The number of hydrogen-bond donors (Lipinski definition) is 0. The monoisotopic (exact) mass is 430 g/mol. The topological polar surface area (TPSA) is 58.6 Å². The second kappa shape index (κ2) is 9.81. The fraction of sp³-hybridized carbons (Fsp3) is 0.346. The Morgan fingerprint density at radius 2 is 1.69 bits per heavy atom. The van der Waals surface area contributed by atoms with Crippen LogP contribution >= 0.6 is 0 Å². The zero-order valence-electron chi connectivity index (χ0n) is 19.0. The van der Waals surface area contributed by atoms with Crippen LogP contribution in [0.25, 0.3) is 11.3 Å². The lowest BCUT2D eigenvalue weighted by Gasteiger charge is -2.35. The minimum atomic E-state index is 0.0162. The summed E-state index contributed by atoms with van der Waals surface area (Å²) in [6.45, 7) is 8.98. The van der Waals surface area contributed by atoms with Crippen molar-refractivity contribution < 1.29 is 9.53 Å². The first-order valence-electron chi connectivity index (χ1n) is 11.2. The molecule has 0 bridgehead atoms. The molecule has 0 saturated carbocycles. The van der Waals surface area contributed by atoms with Gasteiger partial charge in [-0.1, -0.05) is 43.3 Å². The Hall–Kier alpha value is -3.41. The first kappa shape index (κ1) is 21.8. The molecule has 1 saturated heterocycles. The molecule has 4 rings (SSSR count). The second-order valence-corrected chi connectivity index (χ2v) is 8.25. The maximum atomic E-state index is 12.6. The highest BCUT2D eigenvalue weighted by Crippen LogP contribution is 2.21. The molecule has 32 heavy (non-hydrogen) atoms. The SMILES string of the molecule is CCc1ccc(-c2ccc(N3CCN(C(=O)COc4cc(C)ccc4C)CC3)nn2)cc1. The number of aryl methyl sites for hydroxylation is 3. The van der Waals surface area contributed by atoms with E-state index in [9.17, 15) is 4.79 Å². The highest BCUT2D eigenvalue weighted by Gasteiger charge is 2.22. The molecule has 6 heteroatoms. The minimum absolute atomic E-state index is 0.0162. The molecule has 6 nitrogen and oxygen atoms in total. The summed E-state index contributed by atoms with van der Waals surface area (Å²) in [5.41, 5.74) is 5.41. The standard InChI is InChI=1S/C26H30N4O2/c1-4-21-7-9-22(10-8-21)23-11-12-25(28-27-23)29-13-15-30(16-14-29)26(31)18-32-24-17-19(2)5-6-20(24)3/h5-12,17H,4,13-16,18H2,1-3H3. The van der Waals surface area contributed by atoms with Crippen LogP contribution in [0.2, 0.25) is 0 Å². The zero-order valence-corrected chi connectivity index (χ0v) is 19.0. The average molecular weight is 431 g/mol. The maximum absolute atomic E-state index is 12.6. The van der Waals surface area contributed by atoms with Gasteiger partial charge in [-0.25, -0.2) is 0 Å². The summed E-state index contributed by atoms with van der Waals surface area (Å²) in [5, 5.41) is 8.85. The molecule has 0 N–H and O–H groups in total. The molecular weight excluding hydrogens is 400 g/mol. The van der Waals surface area contributed by atoms with Crippen LogP contribution in [0, 0.1) is 13.8 Å². The van der Waals surface area contributed by atoms with Gasteiger partial charge in [0.1, 0.15) is 5.75 Å². The lowest BCUT2D eigenvalue weighted by molar-refractivity contribution is -0.133. The number of amides is 1. The summed E-state index contributed by atoms with van der Waals surface area (Å²) >= 11 is 0. The van der Waals surface area contributed by atoms with E-state index in [-0.39, 0.29) is 12.5 Å². The van der Waals surface area contributed by atoms with Crippen LogP contribution in [0.15, 0.2) is 54.6 Å². The average Bonchev–Trinajstić information content (AvgIpc) is 2.84. The number of ether oxygens (including phenoxy) is 1. The van der Waals surface area contributed by atoms with Crippen molar-refractivity contribution >= 4 is 11.7 Å². The summed E-state index contributed by atoms with van der Waals surface area (Å²) in [6, 6.07) is 18.5. The van der Waals surface area contributed by atoms with Gasteiger partial charge < -0.3 is 14.5 Å². The normalized spacial score (nSPS) is 13.8. The predicted molar refractivity (Wildman–Crippen MR) is 127 cm³/mol. The summed E-state index contributed by atoms with van der Waals surface area (Å²) in [7, 11) is 0. The van der Waals surface area contributed by atoms with E-state index in [1.54, 1.807) is 0 Å². The van der Waals surface area contributed by atoms with Crippen molar-refractivity contribution in [2.45, 2.75) is 27.2 Å². The van der Waals surface area contributed by atoms with Crippen molar-refractivity contribution in [1.82, 2.24) is 15.1 Å². The minimum Gasteiger partial charge on any atom is -0.483 e.